The van der Waals surface area contributed by atoms with Crippen molar-refractivity contribution in [2.24, 2.45) is 0 Å². The molecule has 2 unspecified atom stereocenters. The lowest BCUT2D eigenvalue weighted by atomic mass is 10.2. The number of thioether (sulfide) groups is 1. The Morgan fingerprint density at radius 2 is 1.69 bits per heavy atom. The van der Waals surface area contributed by atoms with Gasteiger partial charge < -0.3 is 14.8 Å². The number of hydrazine groups is 1. The summed E-state index contributed by atoms with van der Waals surface area (Å²) < 4.78 is 23.9. The zero-order valence-electron chi connectivity index (χ0n) is 18.7. The molecule has 7 nitrogen and oxygen atoms in total. The van der Waals surface area contributed by atoms with Crippen LogP contribution in [0.4, 0.5) is 10.1 Å². The topological polar surface area (TPSA) is 79.9 Å². The van der Waals surface area contributed by atoms with E-state index in [4.69, 9.17) is 21.1 Å². The number of carbonyl (C=O) groups excluding carboxylic acids is 2. The van der Waals surface area contributed by atoms with Gasteiger partial charge in [0.05, 0.1) is 7.11 Å². The van der Waals surface area contributed by atoms with Crippen LogP contribution in [0.15, 0.2) is 72.8 Å². The van der Waals surface area contributed by atoms with Crippen LogP contribution in [-0.2, 0) is 9.59 Å². The molecule has 35 heavy (non-hydrogen) atoms. The first kappa shape index (κ1) is 24.7. The normalized spacial score (nSPS) is 17.2. The average Bonchev–Trinajstić information content (AvgIpc) is 3.18. The number of nitrogens with one attached hydrogen (secondary N) is 2. The molecule has 4 rings (SSSR count). The maximum atomic E-state index is 13.2. The van der Waals surface area contributed by atoms with Gasteiger partial charge in [-0.25, -0.2) is 9.40 Å². The highest BCUT2D eigenvalue weighted by Crippen LogP contribution is 2.42. The highest BCUT2D eigenvalue weighted by atomic mass is 35.5. The van der Waals surface area contributed by atoms with E-state index in [1.807, 2.05) is 12.1 Å². The third-order valence-corrected chi connectivity index (χ3v) is 6.90. The minimum Gasteiger partial charge on any atom is -0.497 e. The van der Waals surface area contributed by atoms with Gasteiger partial charge >= 0.3 is 0 Å². The SMILES string of the molecule is COc1ccc(C2SC(CNc3ccc(F)cc3)C(=O)N2NC(=O)COc2ccc(Cl)cc2)cc1. The molecule has 0 bridgehead atoms. The molecule has 1 heterocycles. The number of methoxy groups -OCH3 is 1. The fourth-order valence-electron chi connectivity index (χ4n) is 3.42. The molecule has 0 aromatic heterocycles. The Balaban J connectivity index is 1.45. The van der Waals surface area contributed by atoms with Crippen LogP contribution in [-0.4, -0.2) is 42.3 Å². The van der Waals surface area contributed by atoms with Crippen molar-refractivity contribution in [3.63, 3.8) is 0 Å². The lowest BCUT2D eigenvalue weighted by Gasteiger charge is -2.24. The van der Waals surface area contributed by atoms with Crippen molar-refractivity contribution >= 4 is 40.9 Å². The number of amides is 2. The van der Waals surface area contributed by atoms with E-state index in [1.165, 1.54) is 28.9 Å². The zero-order valence-corrected chi connectivity index (χ0v) is 20.3. The van der Waals surface area contributed by atoms with Gasteiger partial charge in [-0.05, 0) is 66.2 Å². The number of anilines is 1. The summed E-state index contributed by atoms with van der Waals surface area (Å²) >= 11 is 7.27. The van der Waals surface area contributed by atoms with E-state index < -0.39 is 16.5 Å². The quantitative estimate of drug-likeness (QED) is 0.432. The number of hydrogen-bond acceptors (Lipinski definition) is 6. The minimum absolute atomic E-state index is 0.259. The number of rotatable bonds is 9. The predicted molar refractivity (Wildman–Crippen MR) is 134 cm³/mol. The lowest BCUT2D eigenvalue weighted by Crippen LogP contribution is -2.48. The summed E-state index contributed by atoms with van der Waals surface area (Å²) in [5.74, 6) is 0.102. The highest BCUT2D eigenvalue weighted by Gasteiger charge is 2.42. The van der Waals surface area contributed by atoms with E-state index in [0.29, 0.717) is 28.8 Å². The van der Waals surface area contributed by atoms with E-state index in [2.05, 4.69) is 10.7 Å². The Morgan fingerprint density at radius 1 is 1.03 bits per heavy atom. The molecule has 2 N–H and O–H groups in total. The second-order valence-electron chi connectivity index (χ2n) is 7.62. The maximum Gasteiger partial charge on any atom is 0.276 e. The van der Waals surface area contributed by atoms with Crippen molar-refractivity contribution in [2.45, 2.75) is 10.6 Å². The number of nitrogens with zero attached hydrogens (tertiary/aromatic N) is 1. The molecule has 182 valence electrons. The summed E-state index contributed by atoms with van der Waals surface area (Å²) in [6, 6.07) is 19.8. The number of halogens is 2. The molecular formula is C25H23ClFN3O4S. The monoisotopic (exact) mass is 515 g/mol. The second kappa shape index (κ2) is 11.3. The van der Waals surface area contributed by atoms with E-state index in [0.717, 1.165) is 5.56 Å². The summed E-state index contributed by atoms with van der Waals surface area (Å²) in [5.41, 5.74) is 4.21. The fraction of sp³-hybridized carbons (Fsp3) is 0.200. The van der Waals surface area contributed by atoms with Crippen molar-refractivity contribution in [3.8, 4) is 11.5 Å². The van der Waals surface area contributed by atoms with Crippen LogP contribution < -0.4 is 20.2 Å². The van der Waals surface area contributed by atoms with Crippen LogP contribution in [0.25, 0.3) is 0 Å². The first-order valence-electron chi connectivity index (χ1n) is 10.7. The Hall–Kier alpha value is -3.43. The van der Waals surface area contributed by atoms with Crippen molar-refractivity contribution in [3.05, 3.63) is 89.2 Å². The van der Waals surface area contributed by atoms with Gasteiger partial charge in [-0.2, -0.15) is 0 Å². The van der Waals surface area contributed by atoms with Gasteiger partial charge in [0.15, 0.2) is 6.61 Å². The average molecular weight is 516 g/mol. The van der Waals surface area contributed by atoms with Gasteiger partial charge in [0.1, 0.15) is 27.9 Å². The van der Waals surface area contributed by atoms with E-state index in [-0.39, 0.29) is 18.3 Å². The molecule has 10 heteroatoms. The van der Waals surface area contributed by atoms with Crippen LogP contribution in [0, 0.1) is 5.82 Å². The molecule has 0 saturated carbocycles. The summed E-state index contributed by atoms with van der Waals surface area (Å²) in [5, 5.41) is 4.11. The summed E-state index contributed by atoms with van der Waals surface area (Å²) in [4.78, 5) is 25.9. The Morgan fingerprint density at radius 3 is 2.34 bits per heavy atom. The van der Waals surface area contributed by atoms with Crippen molar-refractivity contribution in [2.75, 3.05) is 25.6 Å². The second-order valence-corrected chi connectivity index (χ2v) is 9.35. The van der Waals surface area contributed by atoms with E-state index in [1.54, 1.807) is 55.6 Å². The number of benzene rings is 3. The molecule has 0 radical (unpaired) electrons. The Kier molecular flexibility index (Phi) is 7.99. The van der Waals surface area contributed by atoms with Gasteiger partial charge in [-0.1, -0.05) is 23.7 Å². The van der Waals surface area contributed by atoms with Crippen LogP contribution in [0.2, 0.25) is 5.02 Å². The summed E-state index contributed by atoms with van der Waals surface area (Å²) in [6.07, 6.45) is 0. The number of ether oxygens (including phenoxy) is 2. The standard InChI is InChI=1S/C25H23ClFN3O4S/c1-33-20-10-2-16(3-11-20)25-30(29-23(31)15-34-21-12-4-17(26)5-13-21)24(32)22(35-25)14-28-19-8-6-18(27)7-9-19/h2-13,22,25,28H,14-15H2,1H3,(H,29,31). The van der Waals surface area contributed by atoms with Crippen LogP contribution in [0.5, 0.6) is 11.5 Å². The zero-order chi connectivity index (χ0) is 24.8. The van der Waals surface area contributed by atoms with Crippen LogP contribution in [0.3, 0.4) is 0 Å². The number of carbonyl (C=O) groups is 2. The lowest BCUT2D eigenvalue weighted by molar-refractivity contribution is -0.141. The van der Waals surface area contributed by atoms with Gasteiger partial charge in [-0.3, -0.25) is 15.0 Å². The first-order chi connectivity index (χ1) is 16.9. The number of hydrogen-bond donors (Lipinski definition) is 2. The molecule has 0 aliphatic carbocycles. The molecular weight excluding hydrogens is 493 g/mol. The van der Waals surface area contributed by atoms with Crippen LogP contribution in [0.1, 0.15) is 10.9 Å². The molecule has 1 saturated heterocycles. The largest absolute Gasteiger partial charge is 0.497 e. The van der Waals surface area contributed by atoms with E-state index >= 15 is 0 Å². The third-order valence-electron chi connectivity index (χ3n) is 5.21. The Labute approximate surface area is 211 Å². The predicted octanol–water partition coefficient (Wildman–Crippen LogP) is 4.65. The third kappa shape index (κ3) is 6.37. The molecule has 1 fully saturated rings. The minimum atomic E-state index is -0.482. The molecule has 1 aliphatic rings. The van der Waals surface area contributed by atoms with E-state index in [9.17, 15) is 14.0 Å². The highest BCUT2D eigenvalue weighted by molar-refractivity contribution is 8.01. The fourth-order valence-corrected chi connectivity index (χ4v) is 4.85. The summed E-state index contributed by atoms with van der Waals surface area (Å²) in [6.45, 7) is 0.0271. The van der Waals surface area contributed by atoms with Gasteiger partial charge in [0.25, 0.3) is 11.8 Å². The smallest absolute Gasteiger partial charge is 0.276 e. The Bertz CT molecular complexity index is 1160. The van der Waals surface area contributed by atoms with Crippen molar-refractivity contribution < 1.29 is 23.5 Å². The molecule has 3 aromatic carbocycles. The van der Waals surface area contributed by atoms with Crippen LogP contribution >= 0.6 is 23.4 Å². The molecule has 2 amide bonds. The van der Waals surface area contributed by atoms with Gasteiger partial charge in [0.2, 0.25) is 0 Å². The van der Waals surface area contributed by atoms with Gasteiger partial charge in [-0.15, -0.1) is 11.8 Å². The first-order valence-corrected chi connectivity index (χ1v) is 12.0. The molecule has 3 aromatic rings. The van der Waals surface area contributed by atoms with Crippen molar-refractivity contribution in [1.82, 2.24) is 10.4 Å². The summed E-state index contributed by atoms with van der Waals surface area (Å²) in [7, 11) is 1.58. The molecule has 2 atom stereocenters. The molecule has 0 spiro atoms. The maximum absolute atomic E-state index is 13.2. The van der Waals surface area contributed by atoms with Crippen molar-refractivity contribution in [1.29, 1.82) is 0 Å². The van der Waals surface area contributed by atoms with Gasteiger partial charge in [0, 0.05) is 17.3 Å². The molecule has 1 aliphatic heterocycles.